The molecule has 6 nitrogen and oxygen atoms in total. The van der Waals surface area contributed by atoms with Crippen molar-refractivity contribution >= 4 is 5.97 Å². The molecule has 320 valence electrons. The zero-order chi connectivity index (χ0) is 40.5. The summed E-state index contributed by atoms with van der Waals surface area (Å²) in [5.74, 6) is -0.0479. The van der Waals surface area contributed by atoms with E-state index in [1.54, 1.807) is 7.11 Å². The maximum atomic E-state index is 13.0. The maximum Gasteiger partial charge on any atom is 0.309 e. The molecule has 3 N–H and O–H groups in total. The number of aliphatic hydroxyl groups excluding tert-OH is 1. The van der Waals surface area contributed by atoms with Gasteiger partial charge in [0.15, 0.2) is 5.79 Å². The summed E-state index contributed by atoms with van der Waals surface area (Å²) in [4.78, 5) is 13.0. The van der Waals surface area contributed by atoms with Crippen molar-refractivity contribution in [3.8, 4) is 0 Å². The first-order chi connectivity index (χ1) is 27.1. The summed E-state index contributed by atoms with van der Waals surface area (Å²) < 4.78 is 12.4. The third-order valence-corrected chi connectivity index (χ3v) is 20.0. The van der Waals surface area contributed by atoms with Gasteiger partial charge >= 0.3 is 5.97 Å². The van der Waals surface area contributed by atoms with Crippen LogP contribution in [0.5, 0.6) is 0 Å². The van der Waals surface area contributed by atoms with Gasteiger partial charge in [0.2, 0.25) is 0 Å². The number of fused-ring (bicyclic) bond motifs is 7. The second-order valence-corrected chi connectivity index (χ2v) is 22.6. The molecule has 6 saturated carbocycles. The molecule has 57 heavy (non-hydrogen) atoms. The summed E-state index contributed by atoms with van der Waals surface area (Å²) in [5, 5.41) is 35.8. The van der Waals surface area contributed by atoms with E-state index in [0.29, 0.717) is 24.9 Å². The lowest BCUT2D eigenvalue weighted by atomic mass is 9.28. The van der Waals surface area contributed by atoms with E-state index in [1.165, 1.54) is 81.8 Å². The molecule has 1 saturated heterocycles. The van der Waals surface area contributed by atoms with Crippen LogP contribution in [0, 0.1) is 62.1 Å². The van der Waals surface area contributed by atoms with Gasteiger partial charge in [-0.1, -0.05) is 110 Å². The number of carboxylic acids is 1. The first kappa shape index (κ1) is 42.2. The summed E-state index contributed by atoms with van der Waals surface area (Å²) in [6.45, 7) is 12.8. The topological polar surface area (TPSA) is 96.2 Å². The van der Waals surface area contributed by atoms with Gasteiger partial charge in [-0.25, -0.2) is 0 Å². The van der Waals surface area contributed by atoms with Gasteiger partial charge in [0.25, 0.3) is 0 Å². The molecule has 6 heteroatoms. The van der Waals surface area contributed by atoms with E-state index in [4.69, 9.17) is 9.47 Å². The van der Waals surface area contributed by atoms with Gasteiger partial charge in [-0.05, 0) is 147 Å². The Balaban J connectivity index is 1.15. The van der Waals surface area contributed by atoms with E-state index in [1.807, 2.05) is 0 Å². The Kier molecular flexibility index (Phi) is 11.5. The third-order valence-electron chi connectivity index (χ3n) is 20.0. The van der Waals surface area contributed by atoms with Crippen LogP contribution < -0.4 is 0 Å². The molecular weight excluding hydrogens is 709 g/mol. The Labute approximate surface area is 346 Å². The molecule has 1 aliphatic heterocycles. The summed E-state index contributed by atoms with van der Waals surface area (Å²) >= 11 is 0. The summed E-state index contributed by atoms with van der Waals surface area (Å²) in [5.41, 5.74) is 1.80. The van der Waals surface area contributed by atoms with Crippen LogP contribution in [0.4, 0.5) is 0 Å². The summed E-state index contributed by atoms with van der Waals surface area (Å²) in [6, 6.07) is 8.96. The molecule has 8 rings (SSSR count). The number of benzene rings is 1. The second-order valence-electron chi connectivity index (χ2n) is 22.6. The molecule has 13 atom stereocenters. The predicted octanol–water partition coefficient (Wildman–Crippen LogP) is 11.3. The average Bonchev–Trinajstić information content (AvgIpc) is 3.74. The van der Waals surface area contributed by atoms with Crippen molar-refractivity contribution in [1.82, 2.24) is 0 Å². The fourth-order valence-electron chi connectivity index (χ4n) is 17.1. The molecule has 1 aromatic carbocycles. The van der Waals surface area contributed by atoms with Crippen molar-refractivity contribution in [3.63, 3.8) is 0 Å². The van der Waals surface area contributed by atoms with Gasteiger partial charge < -0.3 is 24.8 Å². The van der Waals surface area contributed by atoms with Crippen molar-refractivity contribution in [2.75, 3.05) is 13.7 Å². The Morgan fingerprint density at radius 3 is 2.26 bits per heavy atom. The highest BCUT2D eigenvalue weighted by Gasteiger charge is 2.78. The van der Waals surface area contributed by atoms with E-state index in [-0.39, 0.29) is 45.0 Å². The predicted molar refractivity (Wildman–Crippen MR) is 227 cm³/mol. The van der Waals surface area contributed by atoms with E-state index in [2.05, 4.69) is 58.9 Å². The minimum atomic E-state index is -1.30. The fraction of sp³-hybridized carbons (Fsp3) is 0.863. The molecular formula is C51H80O6. The number of ether oxygens (including phenoxy) is 2. The third kappa shape index (κ3) is 6.64. The first-order valence-electron chi connectivity index (χ1n) is 24.0. The van der Waals surface area contributed by atoms with Crippen LogP contribution in [0.15, 0.2) is 24.3 Å². The average molecular weight is 789 g/mol. The van der Waals surface area contributed by atoms with E-state index in [0.717, 1.165) is 76.5 Å². The van der Waals surface area contributed by atoms with E-state index < -0.39 is 23.3 Å². The zero-order valence-corrected chi connectivity index (χ0v) is 36.9. The molecule has 13 unspecified atom stereocenters. The lowest BCUT2D eigenvalue weighted by Crippen LogP contribution is -2.71. The van der Waals surface area contributed by atoms with Crippen LogP contribution in [0.3, 0.4) is 0 Å². The molecule has 7 fully saturated rings. The zero-order valence-electron chi connectivity index (χ0n) is 36.9. The maximum absolute atomic E-state index is 13.0. The van der Waals surface area contributed by atoms with Crippen molar-refractivity contribution in [2.45, 2.75) is 200 Å². The molecule has 0 aromatic heterocycles. The van der Waals surface area contributed by atoms with Crippen LogP contribution in [-0.4, -0.2) is 53.0 Å². The Morgan fingerprint density at radius 1 is 0.842 bits per heavy atom. The van der Waals surface area contributed by atoms with Crippen molar-refractivity contribution in [1.29, 1.82) is 0 Å². The fourth-order valence-corrected chi connectivity index (χ4v) is 17.1. The Bertz CT molecular complexity index is 1590. The molecule has 1 aromatic rings. The van der Waals surface area contributed by atoms with Crippen molar-refractivity contribution < 1.29 is 29.6 Å². The number of aliphatic carboxylic acids is 1. The van der Waals surface area contributed by atoms with Gasteiger partial charge in [-0.3, -0.25) is 4.79 Å². The number of unbranched alkanes of at least 4 members (excludes halogenated alkanes) is 2. The number of hydrogen-bond donors (Lipinski definition) is 3. The Morgan fingerprint density at radius 2 is 1.56 bits per heavy atom. The van der Waals surface area contributed by atoms with Crippen molar-refractivity contribution in [3.05, 3.63) is 35.4 Å². The van der Waals surface area contributed by atoms with Crippen LogP contribution in [-0.2, 0) is 27.1 Å². The minimum Gasteiger partial charge on any atom is -0.481 e. The van der Waals surface area contributed by atoms with Crippen molar-refractivity contribution in [2.24, 2.45) is 62.1 Å². The number of aliphatic hydroxyl groups is 2. The van der Waals surface area contributed by atoms with Gasteiger partial charge in [0.1, 0.15) is 0 Å². The molecule has 0 amide bonds. The van der Waals surface area contributed by atoms with Gasteiger partial charge in [-0.2, -0.15) is 0 Å². The van der Waals surface area contributed by atoms with Crippen LogP contribution in [0.1, 0.15) is 181 Å². The second kappa shape index (κ2) is 15.5. The summed E-state index contributed by atoms with van der Waals surface area (Å²) in [6.07, 6.45) is 24.6. The van der Waals surface area contributed by atoms with Crippen LogP contribution in [0.2, 0.25) is 0 Å². The number of hydrogen-bond acceptors (Lipinski definition) is 5. The minimum absolute atomic E-state index is 0.00998. The largest absolute Gasteiger partial charge is 0.481 e. The number of carboxylic acid groups (broad SMARTS) is 1. The highest BCUT2D eigenvalue weighted by molar-refractivity contribution is 5.74. The van der Waals surface area contributed by atoms with Crippen LogP contribution in [0.25, 0.3) is 0 Å². The number of methoxy groups -OCH3 is 1. The highest BCUT2D eigenvalue weighted by atomic mass is 16.6. The van der Waals surface area contributed by atoms with Gasteiger partial charge in [-0.15, -0.1) is 0 Å². The quantitative estimate of drug-likeness (QED) is 0.163. The lowest BCUT2D eigenvalue weighted by Gasteiger charge is -2.76. The monoisotopic (exact) mass is 789 g/mol. The standard InChI is InChI=1S/C51H80O6/c1-7-13-40-50-24-21-39-47(4,43(50)38(52)33-51(40,55)57-42(50)32-37-19-17-36(18-20-37)22-31-56-6)28-30-49(23-12-8-9-14-35-15-10-11-16-35)41-34-46(3,44(53)54)26-25-45(41,2)27-29-48(39,49)5/h17-20,35,38-43,52,55H,7-16,21-34H2,1-6H3,(H,53,54). The Hall–Kier alpha value is -1.47. The van der Waals surface area contributed by atoms with E-state index >= 15 is 0 Å². The molecule has 6 aliphatic carbocycles. The molecule has 7 aliphatic rings. The normalized spacial score (nSPS) is 46.5. The van der Waals surface area contributed by atoms with E-state index in [9.17, 15) is 20.1 Å². The molecule has 0 radical (unpaired) electrons. The van der Waals surface area contributed by atoms with Gasteiger partial charge in [0.05, 0.1) is 24.2 Å². The first-order valence-corrected chi connectivity index (χ1v) is 24.0. The molecule has 2 bridgehead atoms. The summed E-state index contributed by atoms with van der Waals surface area (Å²) in [7, 11) is 1.75. The van der Waals surface area contributed by atoms with Gasteiger partial charge in [0, 0.05) is 24.9 Å². The highest BCUT2D eigenvalue weighted by Crippen LogP contribution is 2.81. The number of carbonyl (C=O) groups is 1. The number of rotatable bonds is 14. The lowest BCUT2D eigenvalue weighted by molar-refractivity contribution is -0.293. The SMILES string of the molecule is CCCC1C2(O)CC(O)C3C4(C)CCC5(CCCCCC6CCCC6)C6CC(C)(C(=O)O)CCC6(C)CCC5(C)C4CCC13C(Cc1ccc(CCOC)cc1)O2. The smallest absolute Gasteiger partial charge is 0.309 e. The molecule has 1 spiro atoms. The molecule has 1 heterocycles. The van der Waals surface area contributed by atoms with Crippen LogP contribution >= 0.6 is 0 Å².